The number of allylic oxidation sites excluding steroid dienone is 2. The second kappa shape index (κ2) is 8.83. The molecule has 4 heteroatoms. The van der Waals surface area contributed by atoms with E-state index in [0.29, 0.717) is 24.9 Å². The largest absolute Gasteiger partial charge is 0.465 e. The quantitative estimate of drug-likeness (QED) is 0.340. The Balaban J connectivity index is 1.29. The van der Waals surface area contributed by atoms with Crippen molar-refractivity contribution in [2.45, 2.75) is 66.2 Å². The van der Waals surface area contributed by atoms with Gasteiger partial charge in [0.1, 0.15) is 0 Å². The Morgan fingerprint density at radius 2 is 1.61 bits per heavy atom. The normalized spacial score (nSPS) is 37.3. The van der Waals surface area contributed by atoms with Crippen molar-refractivity contribution in [3.8, 4) is 11.1 Å². The number of nitrogens with one attached hydrogen (secondary N) is 1. The van der Waals surface area contributed by atoms with Gasteiger partial charge < -0.3 is 10.1 Å². The van der Waals surface area contributed by atoms with Gasteiger partial charge in [-0.05, 0) is 83.4 Å². The molecule has 3 fully saturated rings. The first-order valence-electron chi connectivity index (χ1n) is 14.4. The molecule has 6 atom stereocenters. The Kier molecular flexibility index (Phi) is 5.90. The van der Waals surface area contributed by atoms with Crippen molar-refractivity contribution >= 4 is 17.6 Å². The van der Waals surface area contributed by atoms with Crippen molar-refractivity contribution in [2.75, 3.05) is 11.9 Å². The van der Waals surface area contributed by atoms with Gasteiger partial charge in [-0.2, -0.15) is 0 Å². The highest BCUT2D eigenvalue weighted by Gasteiger charge is 2.70. The van der Waals surface area contributed by atoms with E-state index in [1.165, 1.54) is 0 Å². The van der Waals surface area contributed by atoms with E-state index in [4.69, 9.17) is 4.74 Å². The smallest absolute Gasteiger partial charge is 0.306 e. The van der Waals surface area contributed by atoms with Gasteiger partial charge in [-0.15, -0.1) is 0 Å². The molecule has 38 heavy (non-hydrogen) atoms. The van der Waals surface area contributed by atoms with Gasteiger partial charge >= 0.3 is 5.97 Å². The van der Waals surface area contributed by atoms with Gasteiger partial charge in [-0.25, -0.2) is 0 Å². The van der Waals surface area contributed by atoms with Crippen LogP contribution in [0.3, 0.4) is 0 Å². The molecule has 1 amide bonds. The van der Waals surface area contributed by atoms with Gasteiger partial charge in [0.15, 0.2) is 0 Å². The first-order chi connectivity index (χ1) is 18.1. The molecule has 200 valence electrons. The Morgan fingerprint density at radius 3 is 2.29 bits per heavy atom. The Hall–Kier alpha value is -2.88. The van der Waals surface area contributed by atoms with Crippen LogP contribution >= 0.6 is 0 Å². The predicted octanol–water partition coefficient (Wildman–Crippen LogP) is 7.66. The van der Waals surface area contributed by atoms with Gasteiger partial charge in [0.2, 0.25) is 5.91 Å². The topological polar surface area (TPSA) is 55.4 Å². The number of rotatable bonds is 3. The fourth-order valence-corrected chi connectivity index (χ4v) is 9.56. The van der Waals surface area contributed by atoms with E-state index in [9.17, 15) is 9.59 Å². The van der Waals surface area contributed by atoms with Gasteiger partial charge in [0.25, 0.3) is 0 Å². The number of anilines is 1. The van der Waals surface area contributed by atoms with E-state index < -0.39 is 5.41 Å². The monoisotopic (exact) mass is 511 g/mol. The average molecular weight is 512 g/mol. The lowest BCUT2D eigenvalue weighted by molar-refractivity contribution is -0.196. The second-order valence-corrected chi connectivity index (χ2v) is 13.6. The van der Waals surface area contributed by atoms with Gasteiger partial charge in [0.05, 0.1) is 13.0 Å². The van der Waals surface area contributed by atoms with Crippen molar-refractivity contribution in [2.24, 2.45) is 39.4 Å². The van der Waals surface area contributed by atoms with Crippen LogP contribution in [0.5, 0.6) is 0 Å². The van der Waals surface area contributed by atoms with Crippen molar-refractivity contribution in [1.82, 2.24) is 0 Å². The van der Waals surface area contributed by atoms with Gasteiger partial charge in [-0.1, -0.05) is 82.3 Å². The highest BCUT2D eigenvalue weighted by molar-refractivity contribution is 5.94. The van der Waals surface area contributed by atoms with E-state index in [1.54, 1.807) is 0 Å². The summed E-state index contributed by atoms with van der Waals surface area (Å²) >= 11 is 0. The molecule has 1 N–H and O–H groups in total. The van der Waals surface area contributed by atoms with Crippen LogP contribution in [-0.4, -0.2) is 18.5 Å². The number of benzene rings is 2. The Labute approximate surface area is 227 Å². The van der Waals surface area contributed by atoms with E-state index in [0.717, 1.165) is 48.9 Å². The van der Waals surface area contributed by atoms with Crippen molar-refractivity contribution < 1.29 is 14.3 Å². The van der Waals surface area contributed by atoms with Gasteiger partial charge in [-0.3, -0.25) is 9.59 Å². The fraction of sp³-hybridized carbons (Fsp3) is 0.529. The molecule has 4 aliphatic rings. The van der Waals surface area contributed by atoms with Crippen LogP contribution in [0, 0.1) is 39.4 Å². The lowest BCUT2D eigenvalue weighted by atomic mass is 9.36. The fourth-order valence-electron chi connectivity index (χ4n) is 9.56. The highest BCUT2D eigenvalue weighted by Crippen LogP contribution is 2.72. The van der Waals surface area contributed by atoms with E-state index in [1.807, 2.05) is 30.3 Å². The summed E-state index contributed by atoms with van der Waals surface area (Å²) in [5, 5.41) is 3.23. The molecule has 0 aromatic heterocycles. The number of amides is 1. The summed E-state index contributed by atoms with van der Waals surface area (Å²) < 4.78 is 5.73. The third-order valence-electron chi connectivity index (χ3n) is 11.4. The number of cyclic esters (lactones) is 1. The van der Waals surface area contributed by atoms with Crippen LogP contribution in [0.15, 0.2) is 66.7 Å². The number of carbonyl (C=O) groups is 2. The molecule has 1 spiro atoms. The zero-order valence-corrected chi connectivity index (χ0v) is 23.3. The lowest BCUT2D eigenvalue weighted by Crippen LogP contribution is -2.64. The summed E-state index contributed by atoms with van der Waals surface area (Å²) in [6.45, 7) is 10.0. The first kappa shape index (κ1) is 25.4. The number of carbonyl (C=O) groups excluding carboxylic acids is 2. The number of fused-ring (bicyclic) bond motifs is 4. The molecule has 0 radical (unpaired) electrons. The molecule has 2 saturated carbocycles. The molecule has 6 rings (SSSR count). The maximum Gasteiger partial charge on any atom is 0.306 e. The molecule has 2 aromatic rings. The SMILES string of the molecule is CC1(C)C=CC[C@@]2(C)C1CC[C@]1(C)[C@@H]2CC[C@H](C(=O)Nc2ccc(-c3ccccc3)cc2)[C@]12COC(=O)C2. The summed E-state index contributed by atoms with van der Waals surface area (Å²) in [6.07, 6.45) is 10.2. The zero-order chi connectivity index (χ0) is 26.8. The molecule has 4 nitrogen and oxygen atoms in total. The Bertz CT molecular complexity index is 1260. The standard InChI is InChI=1S/C34H41NO3/c1-31(2)18-8-19-32(3)27(31)17-20-33(4)28(32)16-15-26(34(33)21-29(36)38-22-34)30(37)35-25-13-11-24(12-14-25)23-9-6-5-7-10-23/h5-14,18,26-28H,15-17,19-22H2,1-4H3,(H,35,37)/t26-,27?,28-,32+,33-,34+/m1/s1. The summed E-state index contributed by atoms with van der Waals surface area (Å²) in [5.74, 6) is 0.722. The lowest BCUT2D eigenvalue weighted by Gasteiger charge is -2.68. The van der Waals surface area contributed by atoms with Crippen LogP contribution in [0.4, 0.5) is 5.69 Å². The van der Waals surface area contributed by atoms with Crippen molar-refractivity contribution in [3.05, 3.63) is 66.7 Å². The average Bonchev–Trinajstić information content (AvgIpc) is 3.28. The van der Waals surface area contributed by atoms with E-state index in [2.05, 4.69) is 69.4 Å². The molecular weight excluding hydrogens is 470 g/mol. The molecule has 1 unspecified atom stereocenters. The van der Waals surface area contributed by atoms with E-state index in [-0.39, 0.29) is 34.0 Å². The zero-order valence-electron chi connectivity index (χ0n) is 23.3. The molecule has 1 saturated heterocycles. The maximum absolute atomic E-state index is 14.0. The third-order valence-corrected chi connectivity index (χ3v) is 11.4. The van der Waals surface area contributed by atoms with Crippen LogP contribution in [0.1, 0.15) is 66.2 Å². The van der Waals surface area contributed by atoms with Crippen LogP contribution in [0.2, 0.25) is 0 Å². The number of hydrogen-bond acceptors (Lipinski definition) is 3. The van der Waals surface area contributed by atoms with Crippen LogP contribution < -0.4 is 5.32 Å². The number of hydrogen-bond donors (Lipinski definition) is 1. The molecule has 3 aliphatic carbocycles. The summed E-state index contributed by atoms with van der Waals surface area (Å²) in [5.41, 5.74) is 2.84. The minimum atomic E-state index is -0.458. The molecule has 2 aromatic carbocycles. The van der Waals surface area contributed by atoms with Crippen molar-refractivity contribution in [3.63, 3.8) is 0 Å². The summed E-state index contributed by atoms with van der Waals surface area (Å²) in [7, 11) is 0. The minimum absolute atomic E-state index is 0.0339. The summed E-state index contributed by atoms with van der Waals surface area (Å²) in [6, 6.07) is 18.3. The van der Waals surface area contributed by atoms with Crippen molar-refractivity contribution in [1.29, 1.82) is 0 Å². The Morgan fingerprint density at radius 1 is 0.895 bits per heavy atom. The van der Waals surface area contributed by atoms with Crippen LogP contribution in [-0.2, 0) is 14.3 Å². The maximum atomic E-state index is 14.0. The third kappa shape index (κ3) is 3.70. The van der Waals surface area contributed by atoms with Crippen LogP contribution in [0.25, 0.3) is 11.1 Å². The molecule has 1 aliphatic heterocycles. The molecule has 1 heterocycles. The second-order valence-electron chi connectivity index (χ2n) is 13.6. The molecule has 0 bridgehead atoms. The van der Waals surface area contributed by atoms with Gasteiger partial charge in [0, 0.05) is 17.0 Å². The summed E-state index contributed by atoms with van der Waals surface area (Å²) in [4.78, 5) is 26.7. The first-order valence-corrected chi connectivity index (χ1v) is 14.4. The predicted molar refractivity (Wildman–Crippen MR) is 151 cm³/mol. The minimum Gasteiger partial charge on any atom is -0.465 e. The number of ether oxygens (including phenoxy) is 1. The van der Waals surface area contributed by atoms with E-state index >= 15 is 0 Å². The molecular formula is C34H41NO3. The highest BCUT2D eigenvalue weighted by atomic mass is 16.5. The number of esters is 1.